The van der Waals surface area contributed by atoms with Gasteiger partial charge in [0.2, 0.25) is 0 Å². The fourth-order valence-electron chi connectivity index (χ4n) is 3.47. The number of fused-ring (bicyclic) bond motifs is 1. The van der Waals surface area contributed by atoms with E-state index >= 15 is 0 Å². The summed E-state index contributed by atoms with van der Waals surface area (Å²) in [5.74, 6) is -0.401. The maximum atomic E-state index is 12.3. The van der Waals surface area contributed by atoms with Gasteiger partial charge in [-0.05, 0) is 29.7 Å². The zero-order valence-electron chi connectivity index (χ0n) is 16.6. The van der Waals surface area contributed by atoms with E-state index in [1.807, 2.05) is 59.3 Å². The molecule has 2 aromatic heterocycles. The molecule has 0 saturated heterocycles. The quantitative estimate of drug-likeness (QED) is 0.418. The SMILES string of the molecule is CCOc1nc2csc(C(=O)OC)c2n1Cc1ccccc1-c1ccccc1C#N. The lowest BCUT2D eigenvalue weighted by molar-refractivity contribution is 0.0608. The number of carbonyl (C=O) groups is 1. The van der Waals surface area contributed by atoms with Gasteiger partial charge in [-0.25, -0.2) is 4.79 Å². The van der Waals surface area contributed by atoms with E-state index in [4.69, 9.17) is 9.47 Å². The fraction of sp³-hybridized carbons (Fsp3) is 0.174. The van der Waals surface area contributed by atoms with Crippen LogP contribution in [0.1, 0.15) is 27.7 Å². The van der Waals surface area contributed by atoms with Crippen LogP contribution in [0.4, 0.5) is 0 Å². The van der Waals surface area contributed by atoms with E-state index in [-0.39, 0.29) is 0 Å². The van der Waals surface area contributed by atoms with Gasteiger partial charge in [-0.3, -0.25) is 4.57 Å². The van der Waals surface area contributed by atoms with E-state index in [1.54, 1.807) is 6.07 Å². The van der Waals surface area contributed by atoms with Gasteiger partial charge in [-0.1, -0.05) is 42.5 Å². The molecule has 2 heterocycles. The van der Waals surface area contributed by atoms with Crippen molar-refractivity contribution in [3.63, 3.8) is 0 Å². The van der Waals surface area contributed by atoms with Gasteiger partial charge in [-0.2, -0.15) is 10.2 Å². The first-order valence-electron chi connectivity index (χ1n) is 9.44. The Hall–Kier alpha value is -3.63. The molecule has 0 aliphatic rings. The number of rotatable bonds is 6. The van der Waals surface area contributed by atoms with Crippen LogP contribution in [-0.4, -0.2) is 29.2 Å². The normalized spacial score (nSPS) is 10.7. The van der Waals surface area contributed by atoms with Crippen molar-refractivity contribution in [3.8, 4) is 23.2 Å². The number of imidazole rings is 1. The fourth-order valence-corrected chi connectivity index (χ4v) is 4.37. The lowest BCUT2D eigenvalue weighted by Gasteiger charge is -2.14. The van der Waals surface area contributed by atoms with Crippen molar-refractivity contribution in [1.82, 2.24) is 9.55 Å². The highest BCUT2D eigenvalue weighted by atomic mass is 32.1. The number of nitrogens with zero attached hydrogens (tertiary/aromatic N) is 3. The summed E-state index contributed by atoms with van der Waals surface area (Å²) in [5, 5.41) is 11.4. The van der Waals surface area contributed by atoms with Crippen LogP contribution in [0.5, 0.6) is 6.01 Å². The molecule has 150 valence electrons. The number of methoxy groups -OCH3 is 1. The Morgan fingerprint density at radius 3 is 2.63 bits per heavy atom. The lowest BCUT2D eigenvalue weighted by atomic mass is 9.96. The molecule has 7 heteroatoms. The van der Waals surface area contributed by atoms with Crippen molar-refractivity contribution in [2.24, 2.45) is 0 Å². The zero-order chi connectivity index (χ0) is 21.1. The van der Waals surface area contributed by atoms with Crippen LogP contribution in [0.25, 0.3) is 22.2 Å². The second-order valence-electron chi connectivity index (χ2n) is 6.52. The standard InChI is InChI=1S/C23H19N3O3S/c1-3-29-23-25-19-14-30-21(22(27)28-2)20(19)26(23)13-16-9-5-7-11-18(16)17-10-6-4-8-15(17)12-24/h4-11,14H,3,13H2,1-2H3. The molecule has 0 unspecified atom stereocenters. The van der Waals surface area contributed by atoms with Gasteiger partial charge < -0.3 is 9.47 Å². The van der Waals surface area contributed by atoms with Crippen molar-refractivity contribution in [2.75, 3.05) is 13.7 Å². The Morgan fingerprint density at radius 1 is 1.17 bits per heavy atom. The molecule has 0 aliphatic heterocycles. The number of ether oxygens (including phenoxy) is 2. The van der Waals surface area contributed by atoms with Crippen molar-refractivity contribution < 1.29 is 14.3 Å². The molecule has 0 spiro atoms. The molecule has 0 atom stereocenters. The number of benzene rings is 2. The number of nitriles is 1. The molecule has 2 aromatic carbocycles. The van der Waals surface area contributed by atoms with Crippen LogP contribution in [0.2, 0.25) is 0 Å². The highest BCUT2D eigenvalue weighted by Gasteiger charge is 2.23. The Kier molecular flexibility index (Phi) is 5.50. The van der Waals surface area contributed by atoms with Gasteiger partial charge in [0, 0.05) is 5.38 Å². The summed E-state index contributed by atoms with van der Waals surface area (Å²) in [7, 11) is 1.37. The number of carbonyl (C=O) groups excluding carboxylic acids is 1. The molecule has 0 radical (unpaired) electrons. The van der Waals surface area contributed by atoms with Crippen LogP contribution < -0.4 is 4.74 Å². The van der Waals surface area contributed by atoms with Crippen LogP contribution in [0, 0.1) is 11.3 Å². The van der Waals surface area contributed by atoms with Gasteiger partial charge >= 0.3 is 5.97 Å². The van der Waals surface area contributed by atoms with E-state index in [1.165, 1.54) is 18.4 Å². The summed E-state index contributed by atoms with van der Waals surface area (Å²) in [6.07, 6.45) is 0. The summed E-state index contributed by atoms with van der Waals surface area (Å²) >= 11 is 1.30. The summed E-state index contributed by atoms with van der Waals surface area (Å²) in [5.41, 5.74) is 4.80. The summed E-state index contributed by atoms with van der Waals surface area (Å²) < 4.78 is 12.6. The molecule has 0 fully saturated rings. The largest absolute Gasteiger partial charge is 0.465 e. The minimum Gasteiger partial charge on any atom is -0.465 e. The summed E-state index contributed by atoms with van der Waals surface area (Å²) in [4.78, 5) is 17.4. The van der Waals surface area contributed by atoms with Gasteiger partial charge in [0.25, 0.3) is 6.01 Å². The number of thiophene rings is 1. The monoisotopic (exact) mass is 417 g/mol. The van der Waals surface area contributed by atoms with Gasteiger partial charge in [0.05, 0.1) is 37.4 Å². The molecular formula is C23H19N3O3S. The molecule has 0 aliphatic carbocycles. The minimum atomic E-state index is -0.401. The van der Waals surface area contributed by atoms with Crippen LogP contribution >= 0.6 is 11.3 Å². The van der Waals surface area contributed by atoms with Crippen molar-refractivity contribution in [1.29, 1.82) is 5.26 Å². The van der Waals surface area contributed by atoms with Crippen molar-refractivity contribution in [3.05, 3.63) is 69.9 Å². The Bertz CT molecular complexity index is 1270. The summed E-state index contributed by atoms with van der Waals surface area (Å²) in [6.45, 7) is 2.78. The molecule has 0 N–H and O–H groups in total. The highest BCUT2D eigenvalue weighted by Crippen LogP contribution is 2.33. The van der Waals surface area contributed by atoms with Crippen LogP contribution in [0.15, 0.2) is 53.9 Å². The third-order valence-corrected chi connectivity index (χ3v) is 5.73. The number of aromatic nitrogens is 2. The maximum absolute atomic E-state index is 12.3. The number of hydrogen-bond acceptors (Lipinski definition) is 6. The third kappa shape index (κ3) is 3.42. The smallest absolute Gasteiger partial charge is 0.350 e. The molecule has 0 bridgehead atoms. The Balaban J connectivity index is 1.88. The first-order chi connectivity index (χ1) is 14.7. The highest BCUT2D eigenvalue weighted by molar-refractivity contribution is 7.13. The zero-order valence-corrected chi connectivity index (χ0v) is 17.4. The molecule has 0 saturated carbocycles. The molecule has 4 rings (SSSR count). The topological polar surface area (TPSA) is 77.1 Å². The predicted octanol–water partition coefficient (Wildman–Crippen LogP) is 4.87. The van der Waals surface area contributed by atoms with Gasteiger partial charge in [-0.15, -0.1) is 11.3 Å². The van der Waals surface area contributed by atoms with E-state index < -0.39 is 5.97 Å². The van der Waals surface area contributed by atoms with E-state index in [9.17, 15) is 10.1 Å². The second kappa shape index (κ2) is 8.39. The minimum absolute atomic E-state index is 0.401. The van der Waals surface area contributed by atoms with Crippen LogP contribution in [-0.2, 0) is 11.3 Å². The Labute approximate surface area is 177 Å². The predicted molar refractivity (Wildman–Crippen MR) is 116 cm³/mol. The lowest BCUT2D eigenvalue weighted by Crippen LogP contribution is -2.08. The first-order valence-corrected chi connectivity index (χ1v) is 10.3. The third-order valence-electron chi connectivity index (χ3n) is 4.79. The second-order valence-corrected chi connectivity index (χ2v) is 7.40. The van der Waals surface area contributed by atoms with Crippen LogP contribution in [0.3, 0.4) is 0 Å². The number of esters is 1. The molecular weight excluding hydrogens is 398 g/mol. The summed E-state index contributed by atoms with van der Waals surface area (Å²) in [6, 6.07) is 18.1. The molecule has 4 aromatic rings. The molecule has 0 amide bonds. The van der Waals surface area contributed by atoms with Crippen molar-refractivity contribution in [2.45, 2.75) is 13.5 Å². The van der Waals surface area contributed by atoms with E-state index in [2.05, 4.69) is 11.1 Å². The molecule has 30 heavy (non-hydrogen) atoms. The first kappa shape index (κ1) is 19.7. The van der Waals surface area contributed by atoms with Crippen molar-refractivity contribution >= 4 is 28.3 Å². The number of hydrogen-bond donors (Lipinski definition) is 0. The van der Waals surface area contributed by atoms with Gasteiger partial charge in [0.15, 0.2) is 0 Å². The van der Waals surface area contributed by atoms with E-state index in [0.717, 1.165) is 16.7 Å². The average molecular weight is 417 g/mol. The Morgan fingerprint density at radius 2 is 1.90 bits per heavy atom. The van der Waals surface area contributed by atoms with E-state index in [0.29, 0.717) is 40.6 Å². The maximum Gasteiger partial charge on any atom is 0.350 e. The van der Waals surface area contributed by atoms with Gasteiger partial charge in [0.1, 0.15) is 10.4 Å². The average Bonchev–Trinajstić information content (AvgIpc) is 3.34. The molecule has 6 nitrogen and oxygen atoms in total.